The van der Waals surface area contributed by atoms with Crippen LogP contribution in [0.15, 0.2) is 29.0 Å². The number of hydrogen-bond acceptors (Lipinski definition) is 4. The molecule has 0 bridgehead atoms. The smallest absolute Gasteiger partial charge is 0.277 e. The van der Waals surface area contributed by atoms with Crippen LogP contribution in [0.2, 0.25) is 0 Å². The number of rotatable bonds is 1. The lowest BCUT2D eigenvalue weighted by molar-refractivity contribution is 0.0949. The van der Waals surface area contributed by atoms with E-state index in [2.05, 4.69) is 26.0 Å². The average molecular weight is 337 g/mol. The summed E-state index contributed by atoms with van der Waals surface area (Å²) >= 11 is 3.36. The third kappa shape index (κ3) is 2.07. The van der Waals surface area contributed by atoms with Gasteiger partial charge in [-0.05, 0) is 35.0 Å². The number of aromatic nitrogens is 3. The first-order valence-electron chi connectivity index (χ1n) is 6.19. The van der Waals surface area contributed by atoms with E-state index in [1.54, 1.807) is 35.1 Å². The van der Waals surface area contributed by atoms with Crippen molar-refractivity contribution in [2.45, 2.75) is 13.0 Å². The molecule has 7 heteroatoms. The van der Waals surface area contributed by atoms with E-state index < -0.39 is 0 Å². The van der Waals surface area contributed by atoms with Crippen molar-refractivity contribution in [2.24, 2.45) is 7.05 Å². The Bertz CT molecular complexity index is 651. The highest BCUT2D eigenvalue weighted by molar-refractivity contribution is 9.10. The Morgan fingerprint density at radius 3 is 3.05 bits per heavy atom. The Balaban J connectivity index is 2.05. The third-order valence-corrected chi connectivity index (χ3v) is 3.72. The zero-order valence-corrected chi connectivity index (χ0v) is 12.7. The Kier molecular flexibility index (Phi) is 3.21. The van der Waals surface area contributed by atoms with E-state index in [1.165, 1.54) is 0 Å². The lowest BCUT2D eigenvalue weighted by Crippen LogP contribution is -2.43. The summed E-state index contributed by atoms with van der Waals surface area (Å²) in [7, 11) is 1.74. The van der Waals surface area contributed by atoms with Crippen molar-refractivity contribution >= 4 is 27.5 Å². The fourth-order valence-corrected chi connectivity index (χ4v) is 2.75. The maximum atomic E-state index is 12.8. The topological polar surface area (TPSA) is 60.2 Å². The van der Waals surface area contributed by atoms with Crippen molar-refractivity contribution < 1.29 is 9.53 Å². The SMILES string of the molecule is CC1CN(C(=O)c2c(Br)cnn2C)c2cccnc2O1. The minimum atomic E-state index is -0.124. The minimum absolute atomic E-state index is 0.103. The van der Waals surface area contributed by atoms with Crippen LogP contribution in [-0.2, 0) is 7.05 Å². The second-order valence-electron chi connectivity index (χ2n) is 4.64. The van der Waals surface area contributed by atoms with E-state index in [0.717, 1.165) is 0 Å². The summed E-state index contributed by atoms with van der Waals surface area (Å²) in [6.07, 6.45) is 3.16. The van der Waals surface area contributed by atoms with E-state index >= 15 is 0 Å². The largest absolute Gasteiger partial charge is 0.471 e. The number of nitrogens with zero attached hydrogens (tertiary/aromatic N) is 4. The van der Waals surface area contributed by atoms with Crippen molar-refractivity contribution in [2.75, 3.05) is 11.4 Å². The number of carbonyl (C=O) groups excluding carboxylic acids is 1. The van der Waals surface area contributed by atoms with Gasteiger partial charge in [-0.25, -0.2) is 4.98 Å². The van der Waals surface area contributed by atoms with Crippen LogP contribution in [-0.4, -0.2) is 33.3 Å². The van der Waals surface area contributed by atoms with Crippen molar-refractivity contribution in [3.63, 3.8) is 0 Å². The van der Waals surface area contributed by atoms with Gasteiger partial charge in [0.25, 0.3) is 5.91 Å². The molecule has 0 saturated carbocycles. The van der Waals surface area contributed by atoms with Crippen LogP contribution in [0.4, 0.5) is 5.69 Å². The molecule has 2 aromatic rings. The summed E-state index contributed by atoms with van der Waals surface area (Å²) in [5, 5.41) is 4.08. The van der Waals surface area contributed by atoms with E-state index in [0.29, 0.717) is 28.3 Å². The summed E-state index contributed by atoms with van der Waals surface area (Å²) in [4.78, 5) is 18.6. The first kappa shape index (κ1) is 13.1. The van der Waals surface area contributed by atoms with Crippen molar-refractivity contribution in [1.29, 1.82) is 0 Å². The molecule has 1 atom stereocenters. The molecule has 3 rings (SSSR count). The lowest BCUT2D eigenvalue weighted by Gasteiger charge is -2.32. The zero-order chi connectivity index (χ0) is 14.3. The highest BCUT2D eigenvalue weighted by Gasteiger charge is 2.31. The molecule has 0 N–H and O–H groups in total. The van der Waals surface area contributed by atoms with Gasteiger partial charge >= 0.3 is 0 Å². The van der Waals surface area contributed by atoms with Crippen LogP contribution in [0.3, 0.4) is 0 Å². The van der Waals surface area contributed by atoms with Gasteiger partial charge in [0.2, 0.25) is 5.88 Å². The molecule has 20 heavy (non-hydrogen) atoms. The number of anilines is 1. The maximum absolute atomic E-state index is 12.8. The number of pyridine rings is 1. The standard InChI is InChI=1S/C13H13BrN4O2/c1-8-7-18(10-4-3-5-15-12(10)20-8)13(19)11-9(14)6-16-17(11)2/h3-6,8H,7H2,1-2H3. The van der Waals surface area contributed by atoms with Crippen LogP contribution in [0.5, 0.6) is 5.88 Å². The van der Waals surface area contributed by atoms with Gasteiger partial charge in [0.1, 0.15) is 17.5 Å². The van der Waals surface area contributed by atoms with Gasteiger partial charge in [0, 0.05) is 13.2 Å². The van der Waals surface area contributed by atoms with E-state index in [1.807, 2.05) is 13.0 Å². The fraction of sp³-hybridized carbons (Fsp3) is 0.308. The normalized spacial score (nSPS) is 17.6. The molecule has 0 aromatic carbocycles. The Morgan fingerprint density at radius 2 is 2.35 bits per heavy atom. The molecule has 0 saturated heterocycles. The number of hydrogen-bond donors (Lipinski definition) is 0. The highest BCUT2D eigenvalue weighted by atomic mass is 79.9. The monoisotopic (exact) mass is 336 g/mol. The fourth-order valence-electron chi connectivity index (χ4n) is 2.23. The first-order chi connectivity index (χ1) is 9.58. The van der Waals surface area contributed by atoms with Crippen LogP contribution in [0.25, 0.3) is 0 Å². The Labute approximate surface area is 124 Å². The number of carbonyl (C=O) groups is 1. The Morgan fingerprint density at radius 1 is 1.55 bits per heavy atom. The van der Waals surface area contributed by atoms with Gasteiger partial charge in [0.05, 0.1) is 17.2 Å². The first-order valence-corrected chi connectivity index (χ1v) is 6.98. The number of amides is 1. The minimum Gasteiger partial charge on any atom is -0.471 e. The molecule has 2 aromatic heterocycles. The number of aryl methyl sites for hydroxylation is 1. The van der Waals surface area contributed by atoms with Crippen LogP contribution < -0.4 is 9.64 Å². The molecule has 1 aliphatic rings. The van der Waals surface area contributed by atoms with Gasteiger partial charge in [-0.15, -0.1) is 0 Å². The third-order valence-electron chi connectivity index (χ3n) is 3.14. The summed E-state index contributed by atoms with van der Waals surface area (Å²) in [5.41, 5.74) is 1.19. The number of halogens is 1. The molecule has 6 nitrogen and oxygen atoms in total. The quantitative estimate of drug-likeness (QED) is 0.799. The number of ether oxygens (including phenoxy) is 1. The second-order valence-corrected chi connectivity index (χ2v) is 5.49. The molecule has 3 heterocycles. The zero-order valence-electron chi connectivity index (χ0n) is 11.1. The van der Waals surface area contributed by atoms with Crippen molar-refractivity contribution in [3.8, 4) is 5.88 Å². The molecule has 1 amide bonds. The summed E-state index contributed by atoms with van der Waals surface area (Å²) in [6.45, 7) is 2.39. The molecule has 1 unspecified atom stereocenters. The van der Waals surface area contributed by atoms with Gasteiger partial charge in [-0.2, -0.15) is 5.10 Å². The van der Waals surface area contributed by atoms with E-state index in [4.69, 9.17) is 4.74 Å². The molecule has 0 spiro atoms. The molecule has 0 radical (unpaired) electrons. The van der Waals surface area contributed by atoms with Crippen LogP contribution in [0, 0.1) is 0 Å². The van der Waals surface area contributed by atoms with Gasteiger partial charge in [0.15, 0.2) is 0 Å². The van der Waals surface area contributed by atoms with Crippen molar-refractivity contribution in [3.05, 3.63) is 34.7 Å². The van der Waals surface area contributed by atoms with Crippen LogP contribution >= 0.6 is 15.9 Å². The van der Waals surface area contributed by atoms with Gasteiger partial charge < -0.3 is 4.74 Å². The summed E-state index contributed by atoms with van der Waals surface area (Å²) in [5.74, 6) is 0.360. The molecule has 0 fully saturated rings. The average Bonchev–Trinajstić information content (AvgIpc) is 2.76. The maximum Gasteiger partial charge on any atom is 0.277 e. The highest BCUT2D eigenvalue weighted by Crippen LogP contribution is 2.32. The lowest BCUT2D eigenvalue weighted by atomic mass is 10.2. The van der Waals surface area contributed by atoms with Crippen molar-refractivity contribution in [1.82, 2.24) is 14.8 Å². The molecule has 0 aliphatic carbocycles. The predicted molar refractivity (Wildman–Crippen MR) is 76.9 cm³/mol. The Hall–Kier alpha value is -1.89. The van der Waals surface area contributed by atoms with E-state index in [9.17, 15) is 4.79 Å². The summed E-state index contributed by atoms with van der Waals surface area (Å²) in [6, 6.07) is 3.62. The molecule has 1 aliphatic heterocycles. The molecule has 104 valence electrons. The van der Waals surface area contributed by atoms with E-state index in [-0.39, 0.29) is 12.0 Å². The van der Waals surface area contributed by atoms with Gasteiger partial charge in [-0.3, -0.25) is 14.4 Å². The summed E-state index contributed by atoms with van der Waals surface area (Å²) < 4.78 is 7.88. The molecular weight excluding hydrogens is 324 g/mol. The number of fused-ring (bicyclic) bond motifs is 1. The van der Waals surface area contributed by atoms with Gasteiger partial charge in [-0.1, -0.05) is 0 Å². The second kappa shape index (κ2) is 4.90. The van der Waals surface area contributed by atoms with Crippen LogP contribution in [0.1, 0.15) is 17.4 Å². The molecular formula is C13H13BrN4O2. The predicted octanol–water partition coefficient (Wildman–Crippen LogP) is 2.01.